The largest absolute Gasteiger partial charge is 0.504 e. The van der Waals surface area contributed by atoms with Crippen LogP contribution >= 0.6 is 0 Å². The van der Waals surface area contributed by atoms with E-state index in [4.69, 9.17) is 10.5 Å². The summed E-state index contributed by atoms with van der Waals surface area (Å²) in [5, 5.41) is 10.3. The molecule has 0 fully saturated rings. The summed E-state index contributed by atoms with van der Waals surface area (Å²) in [5.41, 5.74) is 9.50. The van der Waals surface area contributed by atoms with Crippen LogP contribution in [0.1, 0.15) is 36.3 Å². The summed E-state index contributed by atoms with van der Waals surface area (Å²) in [5.74, 6) is 1.42. The third kappa shape index (κ3) is 2.04. The summed E-state index contributed by atoms with van der Waals surface area (Å²) in [6.07, 6.45) is 4.14. The maximum atomic E-state index is 10.3. The van der Waals surface area contributed by atoms with Gasteiger partial charge in [0.25, 0.3) is 0 Å². The fourth-order valence-electron chi connectivity index (χ4n) is 3.42. The van der Waals surface area contributed by atoms with Gasteiger partial charge >= 0.3 is 0 Å². The van der Waals surface area contributed by atoms with Gasteiger partial charge in [-0.1, -0.05) is 0 Å². The first-order chi connectivity index (χ1) is 9.22. The topological polar surface area (TPSA) is 58.7 Å². The van der Waals surface area contributed by atoms with Crippen LogP contribution in [0, 0.1) is 0 Å². The van der Waals surface area contributed by atoms with E-state index in [-0.39, 0.29) is 5.75 Å². The lowest BCUT2D eigenvalue weighted by atomic mass is 9.86. The van der Waals surface area contributed by atoms with Crippen LogP contribution in [0.3, 0.4) is 0 Å². The Labute approximate surface area is 114 Å². The van der Waals surface area contributed by atoms with E-state index in [9.17, 15) is 5.11 Å². The van der Waals surface area contributed by atoms with Crippen molar-refractivity contribution in [1.82, 2.24) is 0 Å². The highest BCUT2D eigenvalue weighted by atomic mass is 16.5. The molecule has 2 aliphatic rings. The molecule has 1 atom stereocenters. The Balaban J connectivity index is 2.15. The Hall–Kier alpha value is -1.42. The zero-order valence-corrected chi connectivity index (χ0v) is 11.5. The normalized spacial score (nSPS) is 21.6. The van der Waals surface area contributed by atoms with Crippen molar-refractivity contribution in [2.24, 2.45) is 5.73 Å². The van der Waals surface area contributed by atoms with Crippen molar-refractivity contribution >= 4 is 5.69 Å². The fraction of sp³-hybridized carbons (Fsp3) is 0.600. The molecule has 0 aliphatic carbocycles. The standard InChI is InChI=1S/C15H22N2O2/c1-17-7-5-11-12(17)9-13(18)15-14(11)10(4-6-16)3-2-8-19-15/h9-10,18H,2-8,16H2,1H3. The predicted octanol–water partition coefficient (Wildman–Crippen LogP) is 1.99. The maximum absolute atomic E-state index is 10.3. The third-order valence-electron chi connectivity index (χ3n) is 4.36. The molecule has 0 aromatic heterocycles. The number of nitrogens with two attached hydrogens (primary N) is 1. The average Bonchev–Trinajstić information content (AvgIpc) is 2.63. The van der Waals surface area contributed by atoms with Gasteiger partial charge in [-0.05, 0) is 43.7 Å². The van der Waals surface area contributed by atoms with Gasteiger partial charge in [0.15, 0.2) is 11.5 Å². The lowest BCUT2D eigenvalue weighted by molar-refractivity contribution is 0.299. The van der Waals surface area contributed by atoms with E-state index in [0.717, 1.165) is 37.9 Å². The Bertz CT molecular complexity index is 488. The monoisotopic (exact) mass is 262 g/mol. The summed E-state index contributed by atoms with van der Waals surface area (Å²) in [6, 6.07) is 1.85. The molecule has 1 aromatic rings. The molecule has 0 spiro atoms. The van der Waals surface area contributed by atoms with Crippen LogP contribution in [-0.4, -0.2) is 31.9 Å². The molecule has 2 heterocycles. The van der Waals surface area contributed by atoms with Gasteiger partial charge in [0.1, 0.15) is 0 Å². The molecule has 4 heteroatoms. The number of hydrogen-bond acceptors (Lipinski definition) is 4. The van der Waals surface area contributed by atoms with Crippen molar-refractivity contribution < 1.29 is 9.84 Å². The van der Waals surface area contributed by atoms with Crippen molar-refractivity contribution in [2.75, 3.05) is 31.6 Å². The van der Waals surface area contributed by atoms with Crippen LogP contribution in [0.2, 0.25) is 0 Å². The SMILES string of the molecule is CN1CCc2c1cc(O)c1c2C(CCN)CCCO1. The predicted molar refractivity (Wildman–Crippen MR) is 76.2 cm³/mol. The van der Waals surface area contributed by atoms with E-state index in [1.165, 1.54) is 11.1 Å². The van der Waals surface area contributed by atoms with E-state index in [0.29, 0.717) is 24.8 Å². The number of hydrogen-bond donors (Lipinski definition) is 2. The van der Waals surface area contributed by atoms with Gasteiger partial charge in [0.05, 0.1) is 6.61 Å². The molecular weight excluding hydrogens is 240 g/mol. The number of phenolic OH excluding ortho intramolecular Hbond substituents is 1. The van der Waals surface area contributed by atoms with E-state index in [2.05, 4.69) is 11.9 Å². The highest BCUT2D eigenvalue weighted by Crippen LogP contribution is 2.48. The molecule has 3 rings (SSSR count). The lowest BCUT2D eigenvalue weighted by Crippen LogP contribution is -2.12. The third-order valence-corrected chi connectivity index (χ3v) is 4.36. The van der Waals surface area contributed by atoms with Crippen LogP contribution in [0.4, 0.5) is 5.69 Å². The number of ether oxygens (including phenoxy) is 1. The summed E-state index contributed by atoms with van der Waals surface area (Å²) in [7, 11) is 2.08. The Kier molecular flexibility index (Phi) is 3.27. The van der Waals surface area contributed by atoms with E-state index < -0.39 is 0 Å². The first-order valence-electron chi connectivity index (χ1n) is 7.15. The Morgan fingerprint density at radius 2 is 2.37 bits per heavy atom. The molecule has 4 nitrogen and oxygen atoms in total. The van der Waals surface area contributed by atoms with Crippen molar-refractivity contribution in [3.05, 3.63) is 17.2 Å². The Morgan fingerprint density at radius 3 is 3.16 bits per heavy atom. The molecule has 19 heavy (non-hydrogen) atoms. The van der Waals surface area contributed by atoms with Crippen LogP contribution in [0.15, 0.2) is 6.07 Å². The van der Waals surface area contributed by atoms with E-state index >= 15 is 0 Å². The minimum Gasteiger partial charge on any atom is -0.504 e. The summed E-state index contributed by atoms with van der Waals surface area (Å²) in [6.45, 7) is 2.39. The van der Waals surface area contributed by atoms with Crippen LogP contribution < -0.4 is 15.4 Å². The van der Waals surface area contributed by atoms with E-state index in [1.54, 1.807) is 0 Å². The fourth-order valence-corrected chi connectivity index (χ4v) is 3.42. The first kappa shape index (κ1) is 12.6. The second-order valence-corrected chi connectivity index (χ2v) is 5.57. The van der Waals surface area contributed by atoms with Gasteiger partial charge < -0.3 is 20.5 Å². The summed E-state index contributed by atoms with van der Waals surface area (Å²) in [4.78, 5) is 2.21. The first-order valence-corrected chi connectivity index (χ1v) is 7.15. The Morgan fingerprint density at radius 1 is 1.53 bits per heavy atom. The minimum absolute atomic E-state index is 0.284. The molecular formula is C15H22N2O2. The smallest absolute Gasteiger partial charge is 0.164 e. The quantitative estimate of drug-likeness (QED) is 0.855. The number of fused-ring (bicyclic) bond motifs is 3. The van der Waals surface area contributed by atoms with Crippen molar-refractivity contribution in [1.29, 1.82) is 0 Å². The zero-order chi connectivity index (χ0) is 13.4. The lowest BCUT2D eigenvalue weighted by Gasteiger charge is -2.21. The molecule has 0 amide bonds. The molecule has 2 aliphatic heterocycles. The summed E-state index contributed by atoms with van der Waals surface area (Å²) < 4.78 is 5.81. The molecule has 0 radical (unpaired) electrons. The van der Waals surface area contributed by atoms with Crippen molar-refractivity contribution in [3.8, 4) is 11.5 Å². The van der Waals surface area contributed by atoms with Crippen LogP contribution in [0.5, 0.6) is 11.5 Å². The molecule has 1 aromatic carbocycles. The molecule has 3 N–H and O–H groups in total. The van der Waals surface area contributed by atoms with Gasteiger partial charge in [-0.2, -0.15) is 0 Å². The van der Waals surface area contributed by atoms with Gasteiger partial charge in [-0.3, -0.25) is 0 Å². The number of likely N-dealkylation sites (N-methyl/N-ethyl adjacent to an activating group) is 1. The van der Waals surface area contributed by atoms with Crippen molar-refractivity contribution in [3.63, 3.8) is 0 Å². The number of rotatable bonds is 2. The average molecular weight is 262 g/mol. The molecule has 0 bridgehead atoms. The number of anilines is 1. The number of benzene rings is 1. The maximum Gasteiger partial charge on any atom is 0.164 e. The molecule has 0 saturated carbocycles. The molecule has 0 saturated heterocycles. The van der Waals surface area contributed by atoms with Crippen molar-refractivity contribution in [2.45, 2.75) is 31.6 Å². The highest BCUT2D eigenvalue weighted by molar-refractivity contribution is 5.69. The van der Waals surface area contributed by atoms with Gasteiger partial charge in [-0.15, -0.1) is 0 Å². The highest BCUT2D eigenvalue weighted by Gasteiger charge is 2.30. The molecule has 104 valence electrons. The van der Waals surface area contributed by atoms with Crippen LogP contribution in [-0.2, 0) is 6.42 Å². The van der Waals surface area contributed by atoms with Gasteiger partial charge in [0.2, 0.25) is 0 Å². The second-order valence-electron chi connectivity index (χ2n) is 5.57. The molecule has 1 unspecified atom stereocenters. The van der Waals surface area contributed by atoms with Gasteiger partial charge in [-0.25, -0.2) is 0 Å². The van der Waals surface area contributed by atoms with E-state index in [1.807, 2.05) is 6.07 Å². The van der Waals surface area contributed by atoms with Gasteiger partial charge in [0, 0.05) is 30.9 Å². The zero-order valence-electron chi connectivity index (χ0n) is 11.5. The number of nitrogens with zero attached hydrogens (tertiary/aromatic N) is 1. The summed E-state index contributed by atoms with van der Waals surface area (Å²) >= 11 is 0. The number of aromatic hydroxyl groups is 1. The second kappa shape index (κ2) is 4.93. The van der Waals surface area contributed by atoms with Crippen LogP contribution in [0.25, 0.3) is 0 Å². The number of phenols is 1. The minimum atomic E-state index is 0.284.